The predicted octanol–water partition coefficient (Wildman–Crippen LogP) is -0.145. The molecule has 2 rings (SSSR count). The van der Waals surface area contributed by atoms with Crippen LogP contribution in [0.4, 0.5) is 0 Å². The lowest BCUT2D eigenvalue weighted by molar-refractivity contribution is -0.295. The van der Waals surface area contributed by atoms with Gasteiger partial charge in [0.1, 0.15) is 12.2 Å². The fraction of sp³-hybridized carbons (Fsp3) is 1.00. The highest BCUT2D eigenvalue weighted by atomic mass is 16.7. The summed E-state index contributed by atoms with van der Waals surface area (Å²) in [4.78, 5) is 0. The maximum absolute atomic E-state index is 9.96. The molecule has 4 nitrogen and oxygen atoms in total. The third-order valence-electron chi connectivity index (χ3n) is 2.81. The van der Waals surface area contributed by atoms with Crippen LogP contribution in [0.1, 0.15) is 13.8 Å². The highest BCUT2D eigenvalue weighted by molar-refractivity contribution is 6.15. The third kappa shape index (κ3) is 1.69. The second-order valence-corrected chi connectivity index (χ2v) is 4.30. The normalized spacial score (nSPS) is 53.9. The van der Waals surface area contributed by atoms with Gasteiger partial charge < -0.3 is 19.3 Å². The molecule has 0 saturated carbocycles. The van der Waals surface area contributed by atoms with Gasteiger partial charge >= 0.3 is 0 Å². The molecule has 5 atom stereocenters. The first-order valence-corrected chi connectivity index (χ1v) is 4.86. The summed E-state index contributed by atoms with van der Waals surface area (Å²) in [6, 6.07) is 0. The van der Waals surface area contributed by atoms with E-state index in [4.69, 9.17) is 22.1 Å². The van der Waals surface area contributed by atoms with E-state index in [9.17, 15) is 5.11 Å². The molecule has 2 aliphatic heterocycles. The van der Waals surface area contributed by atoms with Crippen LogP contribution in [0.2, 0.25) is 5.31 Å². The molecule has 0 aliphatic carbocycles. The van der Waals surface area contributed by atoms with E-state index in [-0.39, 0.29) is 18.5 Å². The van der Waals surface area contributed by atoms with Crippen molar-refractivity contribution in [2.45, 2.75) is 43.8 Å². The summed E-state index contributed by atoms with van der Waals surface area (Å²) < 4.78 is 16.2. The lowest BCUT2D eigenvalue weighted by Crippen LogP contribution is -2.58. The second kappa shape index (κ2) is 3.49. The summed E-state index contributed by atoms with van der Waals surface area (Å²) in [5.41, 5.74) is 0. The molecular formula is C9H15BO4. The van der Waals surface area contributed by atoms with Crippen LogP contribution in [0.5, 0.6) is 0 Å². The number of hydrogen-bond donors (Lipinski definition) is 1. The Hall–Kier alpha value is -0.0951. The molecule has 78 valence electrons. The maximum atomic E-state index is 9.96. The van der Waals surface area contributed by atoms with E-state index in [1.54, 1.807) is 13.8 Å². The van der Waals surface area contributed by atoms with Crippen LogP contribution in [-0.4, -0.2) is 50.8 Å². The smallest absolute Gasteiger partial charge is 0.155 e. The standard InChI is InChI=1S/C9H15BO4/c1-5-12-3-6-7(14-5)8(11)9(2,10)4-13-6/h5-8,11H,3-4H2,1-2H3/t5-,6-,7?,8+,9-/m1/s1. The largest absolute Gasteiger partial charge is 0.390 e. The highest BCUT2D eigenvalue weighted by Crippen LogP contribution is 2.37. The maximum Gasteiger partial charge on any atom is 0.155 e. The first kappa shape index (κ1) is 10.4. The Morgan fingerprint density at radius 2 is 2.14 bits per heavy atom. The lowest BCUT2D eigenvalue weighted by Gasteiger charge is -2.48. The van der Waals surface area contributed by atoms with Crippen LogP contribution in [0.15, 0.2) is 0 Å². The van der Waals surface area contributed by atoms with Crippen LogP contribution in [0.25, 0.3) is 0 Å². The lowest BCUT2D eigenvalue weighted by atomic mass is 9.63. The van der Waals surface area contributed by atoms with Gasteiger partial charge in [-0.3, -0.25) is 0 Å². The molecule has 14 heavy (non-hydrogen) atoms. The van der Waals surface area contributed by atoms with Gasteiger partial charge in [-0.25, -0.2) is 0 Å². The number of rotatable bonds is 0. The summed E-state index contributed by atoms with van der Waals surface area (Å²) in [6.45, 7) is 4.35. The molecule has 2 radical (unpaired) electrons. The Kier molecular flexibility index (Phi) is 2.60. The number of hydrogen-bond acceptors (Lipinski definition) is 4. The molecule has 2 saturated heterocycles. The molecule has 5 heteroatoms. The van der Waals surface area contributed by atoms with Crippen molar-refractivity contribution >= 4 is 7.85 Å². The summed E-state index contributed by atoms with van der Waals surface area (Å²) in [6.07, 6.45) is -1.57. The quantitative estimate of drug-likeness (QED) is 0.550. The van der Waals surface area contributed by atoms with Crippen molar-refractivity contribution in [2.24, 2.45) is 0 Å². The molecule has 2 fully saturated rings. The Bertz CT molecular complexity index is 221. The molecule has 0 aromatic carbocycles. The fourth-order valence-electron chi connectivity index (χ4n) is 1.84. The molecule has 1 N–H and O–H groups in total. The van der Waals surface area contributed by atoms with Crippen LogP contribution in [0.3, 0.4) is 0 Å². The zero-order valence-electron chi connectivity index (χ0n) is 8.47. The molecule has 0 aromatic heterocycles. The minimum atomic E-state index is -0.738. The fourth-order valence-corrected chi connectivity index (χ4v) is 1.84. The molecule has 0 spiro atoms. The van der Waals surface area contributed by atoms with Crippen LogP contribution >= 0.6 is 0 Å². The van der Waals surface area contributed by atoms with Crippen molar-refractivity contribution in [3.05, 3.63) is 0 Å². The highest BCUT2D eigenvalue weighted by Gasteiger charge is 2.47. The van der Waals surface area contributed by atoms with Crippen LogP contribution in [-0.2, 0) is 14.2 Å². The number of aliphatic hydroxyl groups is 1. The van der Waals surface area contributed by atoms with Gasteiger partial charge in [0.2, 0.25) is 0 Å². The van der Waals surface area contributed by atoms with Gasteiger partial charge in [-0.2, -0.15) is 0 Å². The number of ether oxygens (including phenoxy) is 3. The van der Waals surface area contributed by atoms with Crippen LogP contribution < -0.4 is 0 Å². The van der Waals surface area contributed by atoms with Gasteiger partial charge in [0.25, 0.3) is 0 Å². The Morgan fingerprint density at radius 1 is 1.43 bits per heavy atom. The molecule has 2 heterocycles. The van der Waals surface area contributed by atoms with E-state index in [1.807, 2.05) is 0 Å². The average molecular weight is 198 g/mol. The van der Waals surface area contributed by atoms with E-state index < -0.39 is 11.4 Å². The Labute approximate surface area is 84.9 Å². The monoisotopic (exact) mass is 198 g/mol. The van der Waals surface area contributed by atoms with E-state index in [0.717, 1.165) is 0 Å². The van der Waals surface area contributed by atoms with Gasteiger partial charge in [0.15, 0.2) is 6.29 Å². The van der Waals surface area contributed by atoms with Crippen molar-refractivity contribution in [3.8, 4) is 0 Å². The Morgan fingerprint density at radius 3 is 2.86 bits per heavy atom. The zero-order valence-corrected chi connectivity index (χ0v) is 8.47. The van der Waals surface area contributed by atoms with Crippen molar-refractivity contribution in [1.82, 2.24) is 0 Å². The van der Waals surface area contributed by atoms with E-state index in [2.05, 4.69) is 0 Å². The van der Waals surface area contributed by atoms with Gasteiger partial charge in [-0.05, 0) is 12.2 Å². The topological polar surface area (TPSA) is 47.9 Å². The predicted molar refractivity (Wildman–Crippen MR) is 50.2 cm³/mol. The number of aliphatic hydroxyl groups excluding tert-OH is 1. The van der Waals surface area contributed by atoms with Gasteiger partial charge in [0.05, 0.1) is 20.6 Å². The van der Waals surface area contributed by atoms with E-state index >= 15 is 0 Å². The van der Waals surface area contributed by atoms with Crippen molar-refractivity contribution < 1.29 is 19.3 Å². The van der Waals surface area contributed by atoms with Crippen LogP contribution in [0, 0.1) is 0 Å². The average Bonchev–Trinajstić information content (AvgIpc) is 2.13. The number of fused-ring (bicyclic) bond motifs is 1. The minimum Gasteiger partial charge on any atom is -0.390 e. The third-order valence-corrected chi connectivity index (χ3v) is 2.81. The molecule has 2 aliphatic rings. The molecular weight excluding hydrogens is 183 g/mol. The van der Waals surface area contributed by atoms with Gasteiger partial charge in [-0.15, -0.1) is 0 Å². The van der Waals surface area contributed by atoms with E-state index in [1.165, 1.54) is 0 Å². The molecule has 0 bridgehead atoms. The van der Waals surface area contributed by atoms with Crippen molar-refractivity contribution in [1.29, 1.82) is 0 Å². The van der Waals surface area contributed by atoms with Crippen molar-refractivity contribution in [3.63, 3.8) is 0 Å². The summed E-state index contributed by atoms with van der Waals surface area (Å²) in [5.74, 6) is 0. The molecule has 0 aromatic rings. The summed E-state index contributed by atoms with van der Waals surface area (Å²) in [5, 5.41) is 9.23. The first-order chi connectivity index (χ1) is 6.50. The molecule has 1 unspecified atom stereocenters. The van der Waals surface area contributed by atoms with Gasteiger partial charge in [-0.1, -0.05) is 6.92 Å². The summed E-state index contributed by atoms with van der Waals surface area (Å²) in [7, 11) is 5.88. The SMILES string of the molecule is [B][C@]1(C)CO[C@@H]2CO[C@@H](C)OC2[C@@H]1O. The minimum absolute atomic E-state index is 0.196. The van der Waals surface area contributed by atoms with Crippen molar-refractivity contribution in [2.75, 3.05) is 13.2 Å². The Balaban J connectivity index is 2.10. The second-order valence-electron chi connectivity index (χ2n) is 4.30. The molecule has 0 amide bonds. The first-order valence-electron chi connectivity index (χ1n) is 4.86. The summed E-state index contributed by atoms with van der Waals surface area (Å²) >= 11 is 0. The van der Waals surface area contributed by atoms with Gasteiger partial charge in [0, 0.05) is 6.61 Å². The van der Waals surface area contributed by atoms with E-state index in [0.29, 0.717) is 13.2 Å². The zero-order chi connectivity index (χ0) is 10.3.